The molecule has 0 bridgehead atoms. The zero-order chi connectivity index (χ0) is 11.7. The van der Waals surface area contributed by atoms with Crippen molar-refractivity contribution in [3.8, 4) is 0 Å². The van der Waals surface area contributed by atoms with Gasteiger partial charge in [-0.2, -0.15) is 0 Å². The largest absolute Gasteiger partial charge is 0.375 e. The maximum absolute atomic E-state index is 6.19. The van der Waals surface area contributed by atoms with Gasteiger partial charge in [-0.1, -0.05) is 19.3 Å². The normalized spacial score (nSPS) is 41.1. The van der Waals surface area contributed by atoms with Crippen LogP contribution in [0, 0.1) is 17.8 Å². The van der Waals surface area contributed by atoms with E-state index >= 15 is 0 Å². The maximum Gasteiger partial charge on any atom is 0.0685 e. The van der Waals surface area contributed by atoms with Gasteiger partial charge in [0, 0.05) is 6.61 Å². The molecule has 2 aliphatic carbocycles. The molecule has 2 heteroatoms. The molecule has 3 aliphatic rings. The average molecular weight is 237 g/mol. The average Bonchev–Trinajstić information content (AvgIpc) is 2.29. The molecule has 1 saturated heterocycles. The molecule has 2 saturated carbocycles. The third-order valence-corrected chi connectivity index (χ3v) is 5.68. The first-order valence-corrected chi connectivity index (χ1v) is 7.67. The third-order valence-electron chi connectivity index (χ3n) is 5.68. The Bertz CT molecular complexity index is 252. The van der Waals surface area contributed by atoms with Crippen LogP contribution >= 0.6 is 0 Å². The molecule has 17 heavy (non-hydrogen) atoms. The van der Waals surface area contributed by atoms with E-state index in [0.717, 1.165) is 30.9 Å². The Morgan fingerprint density at radius 3 is 2.53 bits per heavy atom. The van der Waals surface area contributed by atoms with Crippen LogP contribution in [0.4, 0.5) is 0 Å². The van der Waals surface area contributed by atoms with Gasteiger partial charge in [0.25, 0.3) is 0 Å². The predicted molar refractivity (Wildman–Crippen MR) is 69.8 cm³/mol. The Balaban J connectivity index is 1.63. The van der Waals surface area contributed by atoms with Gasteiger partial charge in [-0.25, -0.2) is 0 Å². The van der Waals surface area contributed by atoms with Gasteiger partial charge in [-0.3, -0.25) is 0 Å². The fourth-order valence-electron chi connectivity index (χ4n) is 4.48. The Labute approximate surface area is 105 Å². The van der Waals surface area contributed by atoms with Crippen molar-refractivity contribution >= 4 is 0 Å². The number of ether oxygens (including phenoxy) is 1. The highest BCUT2D eigenvalue weighted by molar-refractivity contribution is 4.95. The molecule has 3 rings (SSSR count). The molecule has 0 radical (unpaired) electrons. The van der Waals surface area contributed by atoms with Crippen molar-refractivity contribution in [2.24, 2.45) is 23.5 Å². The zero-order valence-corrected chi connectivity index (χ0v) is 11.0. The molecule has 98 valence electrons. The molecule has 0 aromatic rings. The van der Waals surface area contributed by atoms with Gasteiger partial charge in [0.2, 0.25) is 0 Å². The van der Waals surface area contributed by atoms with Crippen LogP contribution in [0.3, 0.4) is 0 Å². The topological polar surface area (TPSA) is 35.2 Å². The van der Waals surface area contributed by atoms with E-state index in [0.29, 0.717) is 0 Å². The van der Waals surface area contributed by atoms with Crippen molar-refractivity contribution in [2.75, 3.05) is 13.2 Å². The predicted octanol–water partition coefficient (Wildman–Crippen LogP) is 3.10. The smallest absolute Gasteiger partial charge is 0.0685 e. The van der Waals surface area contributed by atoms with E-state index in [2.05, 4.69) is 0 Å². The summed E-state index contributed by atoms with van der Waals surface area (Å²) in [6.07, 6.45) is 12.3. The van der Waals surface area contributed by atoms with Crippen LogP contribution in [0.15, 0.2) is 0 Å². The molecule has 1 heterocycles. The molecule has 3 unspecified atom stereocenters. The van der Waals surface area contributed by atoms with Crippen molar-refractivity contribution in [1.29, 1.82) is 0 Å². The van der Waals surface area contributed by atoms with Crippen LogP contribution in [0.2, 0.25) is 0 Å². The minimum atomic E-state index is 0.288. The maximum atomic E-state index is 6.19. The summed E-state index contributed by atoms with van der Waals surface area (Å²) in [6.45, 7) is 1.92. The van der Waals surface area contributed by atoms with Gasteiger partial charge in [0.05, 0.1) is 5.60 Å². The molecule has 0 aromatic heterocycles. The summed E-state index contributed by atoms with van der Waals surface area (Å²) in [5.74, 6) is 2.69. The summed E-state index contributed by atoms with van der Waals surface area (Å²) in [6, 6.07) is 0. The minimum Gasteiger partial charge on any atom is -0.375 e. The van der Waals surface area contributed by atoms with Crippen molar-refractivity contribution < 1.29 is 4.74 Å². The summed E-state index contributed by atoms with van der Waals surface area (Å²) in [5, 5.41) is 0. The van der Waals surface area contributed by atoms with Gasteiger partial charge >= 0.3 is 0 Å². The molecule has 3 atom stereocenters. The van der Waals surface area contributed by atoms with Crippen molar-refractivity contribution in [2.45, 2.75) is 63.4 Å². The van der Waals surface area contributed by atoms with Crippen LogP contribution in [0.25, 0.3) is 0 Å². The van der Waals surface area contributed by atoms with E-state index < -0.39 is 0 Å². The lowest BCUT2D eigenvalue weighted by Crippen LogP contribution is -2.47. The lowest BCUT2D eigenvalue weighted by Gasteiger charge is -2.50. The molecule has 1 aliphatic heterocycles. The SMILES string of the molecule is NCC1CCC1C1CCOC2(CCCCC2)C1. The third kappa shape index (κ3) is 2.26. The molecular weight excluding hydrogens is 210 g/mol. The quantitative estimate of drug-likeness (QED) is 0.801. The Kier molecular flexibility index (Phi) is 3.45. The fourth-order valence-corrected chi connectivity index (χ4v) is 4.48. The van der Waals surface area contributed by atoms with Crippen LogP contribution in [0.1, 0.15) is 57.8 Å². The highest BCUT2D eigenvalue weighted by Gasteiger charge is 2.44. The van der Waals surface area contributed by atoms with Gasteiger partial charge in [-0.05, 0) is 62.8 Å². The van der Waals surface area contributed by atoms with E-state index in [1.807, 2.05) is 0 Å². The first-order chi connectivity index (χ1) is 8.33. The Hall–Kier alpha value is -0.0800. The molecule has 0 aromatic carbocycles. The van der Waals surface area contributed by atoms with Crippen LogP contribution in [-0.4, -0.2) is 18.8 Å². The zero-order valence-electron chi connectivity index (χ0n) is 11.0. The second kappa shape index (κ2) is 4.89. The number of hydrogen-bond donors (Lipinski definition) is 1. The first kappa shape index (κ1) is 12.0. The Morgan fingerprint density at radius 2 is 1.88 bits per heavy atom. The summed E-state index contributed by atoms with van der Waals surface area (Å²) < 4.78 is 6.19. The highest BCUT2D eigenvalue weighted by atomic mass is 16.5. The first-order valence-electron chi connectivity index (χ1n) is 7.67. The molecule has 1 spiro atoms. The van der Waals surface area contributed by atoms with Gasteiger partial charge in [-0.15, -0.1) is 0 Å². The molecule has 2 N–H and O–H groups in total. The molecule has 3 fully saturated rings. The molecule has 2 nitrogen and oxygen atoms in total. The van der Waals surface area contributed by atoms with Gasteiger partial charge < -0.3 is 10.5 Å². The van der Waals surface area contributed by atoms with Crippen molar-refractivity contribution in [3.63, 3.8) is 0 Å². The summed E-state index contributed by atoms with van der Waals surface area (Å²) in [7, 11) is 0. The van der Waals surface area contributed by atoms with Crippen LogP contribution in [-0.2, 0) is 4.74 Å². The molecule has 0 amide bonds. The molecular formula is C15H27NO. The second-order valence-electron chi connectivity index (χ2n) is 6.58. The summed E-state index contributed by atoms with van der Waals surface area (Å²) in [5.41, 5.74) is 6.16. The van der Waals surface area contributed by atoms with Crippen molar-refractivity contribution in [3.05, 3.63) is 0 Å². The number of nitrogens with two attached hydrogens (primary N) is 1. The van der Waals surface area contributed by atoms with Crippen LogP contribution < -0.4 is 5.73 Å². The van der Waals surface area contributed by atoms with Gasteiger partial charge in [0.1, 0.15) is 0 Å². The van der Waals surface area contributed by atoms with E-state index in [1.54, 1.807) is 0 Å². The lowest BCUT2D eigenvalue weighted by molar-refractivity contribution is -0.135. The lowest BCUT2D eigenvalue weighted by atomic mass is 9.62. The van der Waals surface area contributed by atoms with Crippen LogP contribution in [0.5, 0.6) is 0 Å². The summed E-state index contributed by atoms with van der Waals surface area (Å²) >= 11 is 0. The Morgan fingerprint density at radius 1 is 1.06 bits per heavy atom. The monoisotopic (exact) mass is 237 g/mol. The summed E-state index contributed by atoms with van der Waals surface area (Å²) in [4.78, 5) is 0. The van der Waals surface area contributed by atoms with E-state index in [-0.39, 0.29) is 5.60 Å². The number of rotatable bonds is 2. The van der Waals surface area contributed by atoms with Gasteiger partial charge in [0.15, 0.2) is 0 Å². The standard InChI is InChI=1S/C15H27NO/c16-11-13-4-5-14(13)12-6-9-17-15(10-12)7-2-1-3-8-15/h12-14H,1-11,16H2. The highest BCUT2D eigenvalue weighted by Crippen LogP contribution is 2.49. The van der Waals surface area contributed by atoms with E-state index in [1.165, 1.54) is 57.8 Å². The van der Waals surface area contributed by atoms with Crippen molar-refractivity contribution in [1.82, 2.24) is 0 Å². The van der Waals surface area contributed by atoms with E-state index in [9.17, 15) is 0 Å². The fraction of sp³-hybridized carbons (Fsp3) is 1.00. The number of hydrogen-bond acceptors (Lipinski definition) is 2. The minimum absolute atomic E-state index is 0.288. The van der Waals surface area contributed by atoms with E-state index in [4.69, 9.17) is 10.5 Å². The second-order valence-corrected chi connectivity index (χ2v) is 6.58.